The van der Waals surface area contributed by atoms with Gasteiger partial charge in [0.1, 0.15) is 11.9 Å². The van der Waals surface area contributed by atoms with E-state index in [-0.39, 0.29) is 18.3 Å². The first-order chi connectivity index (χ1) is 13.5. The second-order valence-electron chi connectivity index (χ2n) is 6.63. The summed E-state index contributed by atoms with van der Waals surface area (Å²) in [4.78, 5) is 30.8. The molecular formula is C21H27FN4O2. The van der Waals surface area contributed by atoms with Gasteiger partial charge in [-0.1, -0.05) is 31.5 Å². The lowest BCUT2D eigenvalue weighted by molar-refractivity contribution is -0.132. The van der Waals surface area contributed by atoms with Gasteiger partial charge < -0.3 is 15.5 Å². The van der Waals surface area contributed by atoms with Crippen LogP contribution in [-0.2, 0) is 17.8 Å². The molecule has 2 aromatic rings. The monoisotopic (exact) mass is 386 g/mol. The van der Waals surface area contributed by atoms with Crippen molar-refractivity contribution in [3.8, 4) is 0 Å². The van der Waals surface area contributed by atoms with Crippen molar-refractivity contribution in [2.45, 2.75) is 38.8 Å². The van der Waals surface area contributed by atoms with Crippen molar-refractivity contribution in [2.24, 2.45) is 0 Å². The van der Waals surface area contributed by atoms with Crippen LogP contribution in [0.3, 0.4) is 0 Å². The Labute approximate surface area is 165 Å². The number of pyridine rings is 1. The Bertz CT molecular complexity index is 753. The lowest BCUT2D eigenvalue weighted by Gasteiger charge is -2.24. The Morgan fingerprint density at radius 2 is 1.93 bits per heavy atom. The van der Waals surface area contributed by atoms with Gasteiger partial charge in [-0.25, -0.2) is 9.18 Å². The summed E-state index contributed by atoms with van der Waals surface area (Å²) in [6, 6.07) is 10.6. The number of carbonyl (C=O) groups excluding carboxylic acids is 2. The predicted octanol–water partition coefficient (Wildman–Crippen LogP) is 2.89. The Hall–Kier alpha value is -2.96. The van der Waals surface area contributed by atoms with E-state index < -0.39 is 12.1 Å². The van der Waals surface area contributed by atoms with Crippen LogP contribution in [0.15, 0.2) is 48.7 Å². The number of rotatable bonds is 9. The van der Waals surface area contributed by atoms with E-state index >= 15 is 0 Å². The van der Waals surface area contributed by atoms with Gasteiger partial charge in [0.25, 0.3) is 0 Å². The maximum Gasteiger partial charge on any atom is 0.315 e. The van der Waals surface area contributed by atoms with E-state index in [0.29, 0.717) is 19.4 Å². The van der Waals surface area contributed by atoms with Gasteiger partial charge >= 0.3 is 6.03 Å². The summed E-state index contributed by atoms with van der Waals surface area (Å²) in [5.74, 6) is -0.453. The van der Waals surface area contributed by atoms with E-state index in [2.05, 4.69) is 15.6 Å². The largest absolute Gasteiger partial charge is 0.344 e. The number of aromatic nitrogens is 1. The molecule has 2 N–H and O–H groups in total. The molecule has 0 saturated carbocycles. The summed E-state index contributed by atoms with van der Waals surface area (Å²) in [6.07, 6.45) is 3.70. The van der Waals surface area contributed by atoms with E-state index in [1.165, 1.54) is 12.1 Å². The lowest BCUT2D eigenvalue weighted by Crippen LogP contribution is -2.50. The number of nitrogens with zero attached hydrogens (tertiary/aromatic N) is 2. The molecule has 0 radical (unpaired) electrons. The van der Waals surface area contributed by atoms with Crippen molar-refractivity contribution in [1.82, 2.24) is 20.5 Å². The van der Waals surface area contributed by atoms with Gasteiger partial charge in [-0.3, -0.25) is 9.78 Å². The van der Waals surface area contributed by atoms with Crippen molar-refractivity contribution in [2.75, 3.05) is 13.6 Å². The molecule has 2 rings (SSSR count). The molecule has 3 amide bonds. The van der Waals surface area contributed by atoms with Crippen molar-refractivity contribution >= 4 is 11.9 Å². The zero-order chi connectivity index (χ0) is 20.4. The van der Waals surface area contributed by atoms with Crippen LogP contribution in [-0.4, -0.2) is 41.5 Å². The molecule has 0 saturated heterocycles. The molecule has 1 aromatic heterocycles. The number of hydrogen-bond donors (Lipinski definition) is 2. The number of amides is 3. The minimum Gasteiger partial charge on any atom is -0.344 e. The van der Waals surface area contributed by atoms with Crippen LogP contribution in [0.2, 0.25) is 0 Å². The molecule has 0 spiro atoms. The number of halogens is 1. The highest BCUT2D eigenvalue weighted by Gasteiger charge is 2.23. The van der Waals surface area contributed by atoms with Crippen LogP contribution in [0.4, 0.5) is 9.18 Å². The number of nitrogens with one attached hydrogen (secondary N) is 2. The molecule has 6 nitrogen and oxygen atoms in total. The summed E-state index contributed by atoms with van der Waals surface area (Å²) >= 11 is 0. The molecule has 7 heteroatoms. The Balaban J connectivity index is 1.84. The normalized spacial score (nSPS) is 11.5. The van der Waals surface area contributed by atoms with Gasteiger partial charge in [0, 0.05) is 38.4 Å². The Kier molecular flexibility index (Phi) is 8.39. The topological polar surface area (TPSA) is 74.3 Å². The van der Waals surface area contributed by atoms with E-state index in [0.717, 1.165) is 17.7 Å². The summed E-state index contributed by atoms with van der Waals surface area (Å²) in [6.45, 7) is 2.75. The van der Waals surface area contributed by atoms with Gasteiger partial charge in [0.15, 0.2) is 0 Å². The molecule has 1 heterocycles. The number of urea groups is 1. The molecule has 0 fully saturated rings. The standard InChI is InChI=1S/C21H27FN4O2/c1-3-6-19(20(27)26(2)14-12-18-7-4-5-13-23-18)25-21(28)24-15-16-8-10-17(22)11-9-16/h4-5,7-11,13,19H,3,6,12,14-15H2,1-2H3,(H2,24,25,28). The van der Waals surface area contributed by atoms with Gasteiger partial charge in [-0.15, -0.1) is 0 Å². The Morgan fingerprint density at radius 1 is 1.18 bits per heavy atom. The Morgan fingerprint density at radius 3 is 2.57 bits per heavy atom. The molecular weight excluding hydrogens is 359 g/mol. The highest BCUT2D eigenvalue weighted by atomic mass is 19.1. The number of hydrogen-bond acceptors (Lipinski definition) is 3. The zero-order valence-electron chi connectivity index (χ0n) is 16.3. The third-order valence-electron chi connectivity index (χ3n) is 4.35. The van der Waals surface area contributed by atoms with E-state index in [1.807, 2.05) is 25.1 Å². The maximum atomic E-state index is 12.9. The summed E-state index contributed by atoms with van der Waals surface area (Å²) in [5.41, 5.74) is 1.70. The molecule has 1 aromatic carbocycles. The van der Waals surface area contributed by atoms with Crippen LogP contribution >= 0.6 is 0 Å². The quantitative estimate of drug-likeness (QED) is 0.696. The number of carbonyl (C=O) groups is 2. The molecule has 150 valence electrons. The fraction of sp³-hybridized carbons (Fsp3) is 0.381. The SMILES string of the molecule is CCCC(NC(=O)NCc1ccc(F)cc1)C(=O)N(C)CCc1ccccn1. The number of likely N-dealkylation sites (N-methyl/N-ethyl adjacent to an activating group) is 1. The predicted molar refractivity (Wildman–Crippen MR) is 106 cm³/mol. The first kappa shape index (κ1) is 21.3. The van der Waals surface area contributed by atoms with Crippen LogP contribution < -0.4 is 10.6 Å². The smallest absolute Gasteiger partial charge is 0.315 e. The molecule has 0 bridgehead atoms. The number of benzene rings is 1. The second kappa shape index (κ2) is 11.0. The molecule has 1 atom stereocenters. The fourth-order valence-electron chi connectivity index (χ4n) is 2.74. The van der Waals surface area contributed by atoms with E-state index in [9.17, 15) is 14.0 Å². The average molecular weight is 386 g/mol. The molecule has 28 heavy (non-hydrogen) atoms. The van der Waals surface area contributed by atoms with Crippen LogP contribution in [0.1, 0.15) is 31.0 Å². The lowest BCUT2D eigenvalue weighted by atomic mass is 10.1. The minimum absolute atomic E-state index is 0.130. The van der Waals surface area contributed by atoms with E-state index in [1.54, 1.807) is 30.3 Å². The van der Waals surface area contributed by atoms with E-state index in [4.69, 9.17) is 0 Å². The van der Waals surface area contributed by atoms with Crippen molar-refractivity contribution < 1.29 is 14.0 Å². The second-order valence-corrected chi connectivity index (χ2v) is 6.63. The van der Waals surface area contributed by atoms with Crippen LogP contribution in [0.25, 0.3) is 0 Å². The van der Waals surface area contributed by atoms with Gasteiger partial charge in [-0.05, 0) is 36.2 Å². The van der Waals surface area contributed by atoms with Crippen molar-refractivity contribution in [1.29, 1.82) is 0 Å². The third kappa shape index (κ3) is 6.98. The first-order valence-corrected chi connectivity index (χ1v) is 9.43. The van der Waals surface area contributed by atoms with Crippen molar-refractivity contribution in [3.63, 3.8) is 0 Å². The molecule has 0 aliphatic rings. The van der Waals surface area contributed by atoms with Crippen LogP contribution in [0.5, 0.6) is 0 Å². The molecule has 1 unspecified atom stereocenters. The van der Waals surface area contributed by atoms with Gasteiger partial charge in [-0.2, -0.15) is 0 Å². The minimum atomic E-state index is -0.591. The summed E-state index contributed by atoms with van der Waals surface area (Å²) in [7, 11) is 1.73. The highest BCUT2D eigenvalue weighted by Crippen LogP contribution is 2.05. The first-order valence-electron chi connectivity index (χ1n) is 9.43. The summed E-state index contributed by atoms with van der Waals surface area (Å²) < 4.78 is 12.9. The van der Waals surface area contributed by atoms with Crippen LogP contribution in [0, 0.1) is 5.82 Å². The average Bonchev–Trinajstić information content (AvgIpc) is 2.71. The third-order valence-corrected chi connectivity index (χ3v) is 4.35. The summed E-state index contributed by atoms with van der Waals surface area (Å²) in [5, 5.41) is 5.45. The highest BCUT2D eigenvalue weighted by molar-refractivity contribution is 5.86. The zero-order valence-corrected chi connectivity index (χ0v) is 16.3. The fourth-order valence-corrected chi connectivity index (χ4v) is 2.74. The van der Waals surface area contributed by atoms with Gasteiger partial charge in [0.2, 0.25) is 5.91 Å². The van der Waals surface area contributed by atoms with Crippen molar-refractivity contribution in [3.05, 3.63) is 65.7 Å². The molecule has 0 aliphatic heterocycles. The molecule has 0 aliphatic carbocycles. The van der Waals surface area contributed by atoms with Gasteiger partial charge in [0.05, 0.1) is 0 Å². The maximum absolute atomic E-state index is 12.9.